The summed E-state index contributed by atoms with van der Waals surface area (Å²) >= 11 is 0. The molecule has 0 amide bonds. The van der Waals surface area contributed by atoms with E-state index in [2.05, 4.69) is 70.2 Å². The molecular formula is C19H24O. The van der Waals surface area contributed by atoms with E-state index in [1.54, 1.807) is 0 Å². The third kappa shape index (κ3) is 1.96. The topological polar surface area (TPSA) is 20.2 Å². The van der Waals surface area contributed by atoms with E-state index in [1.807, 2.05) is 0 Å². The van der Waals surface area contributed by atoms with Crippen molar-refractivity contribution in [2.24, 2.45) is 16.7 Å². The van der Waals surface area contributed by atoms with Gasteiger partial charge >= 0.3 is 0 Å². The first-order valence-electron chi connectivity index (χ1n) is 7.50. The molecule has 20 heavy (non-hydrogen) atoms. The maximum Gasteiger partial charge on any atom is 0.0619 e. The minimum atomic E-state index is -0.249. The molecule has 1 unspecified atom stereocenters. The van der Waals surface area contributed by atoms with Gasteiger partial charge in [-0.1, -0.05) is 70.2 Å². The van der Waals surface area contributed by atoms with Crippen LogP contribution in [0.3, 0.4) is 0 Å². The summed E-state index contributed by atoms with van der Waals surface area (Å²) in [6, 6.07) is 14.9. The van der Waals surface area contributed by atoms with Gasteiger partial charge in [-0.15, -0.1) is 0 Å². The first-order valence-corrected chi connectivity index (χ1v) is 7.50. The quantitative estimate of drug-likeness (QED) is 0.873. The van der Waals surface area contributed by atoms with Crippen molar-refractivity contribution in [3.63, 3.8) is 0 Å². The molecule has 3 rings (SSSR count). The van der Waals surface area contributed by atoms with Crippen LogP contribution in [0.2, 0.25) is 0 Å². The highest BCUT2D eigenvalue weighted by Gasteiger charge is 2.66. The van der Waals surface area contributed by atoms with E-state index in [9.17, 15) is 5.11 Å². The molecule has 106 valence electrons. The molecular weight excluding hydrogens is 244 g/mol. The van der Waals surface area contributed by atoms with Gasteiger partial charge in [0.1, 0.15) is 0 Å². The molecule has 0 aliphatic heterocycles. The maximum atomic E-state index is 10.6. The number of hydrogen-bond acceptors (Lipinski definition) is 1. The average Bonchev–Trinajstić information content (AvgIpc) is 2.79. The number of aliphatic hydroxyl groups is 1. The predicted octanol–water partition coefficient (Wildman–Crippen LogP) is 4.43. The lowest BCUT2D eigenvalue weighted by Gasteiger charge is -2.13. The van der Waals surface area contributed by atoms with Gasteiger partial charge in [0, 0.05) is 0 Å². The molecule has 0 saturated heterocycles. The second kappa shape index (κ2) is 4.33. The van der Waals surface area contributed by atoms with Crippen molar-refractivity contribution >= 4 is 10.8 Å². The molecule has 1 nitrogen and oxygen atoms in total. The van der Waals surface area contributed by atoms with Crippen LogP contribution in [0.5, 0.6) is 0 Å². The zero-order chi connectivity index (χ0) is 14.5. The number of benzene rings is 2. The minimum absolute atomic E-state index is 0.239. The Morgan fingerprint density at radius 3 is 2.15 bits per heavy atom. The SMILES string of the molecule is CC1(C)C(C(O)Cc2ccc3ccccc3c2)C1(C)C. The highest BCUT2D eigenvalue weighted by atomic mass is 16.3. The largest absolute Gasteiger partial charge is 0.392 e. The molecule has 2 aromatic carbocycles. The molecule has 1 heteroatoms. The van der Waals surface area contributed by atoms with Crippen molar-refractivity contribution in [1.82, 2.24) is 0 Å². The molecule has 1 N–H and O–H groups in total. The summed E-state index contributed by atoms with van der Waals surface area (Å²) in [6.07, 6.45) is 0.503. The van der Waals surface area contributed by atoms with Gasteiger partial charge in [0.25, 0.3) is 0 Å². The first-order chi connectivity index (χ1) is 9.34. The number of aliphatic hydroxyl groups excluding tert-OH is 1. The van der Waals surface area contributed by atoms with Gasteiger partial charge in [-0.05, 0) is 39.5 Å². The Hall–Kier alpha value is -1.34. The Morgan fingerprint density at radius 2 is 1.55 bits per heavy atom. The van der Waals surface area contributed by atoms with E-state index in [1.165, 1.54) is 16.3 Å². The van der Waals surface area contributed by atoms with Gasteiger partial charge in [0.15, 0.2) is 0 Å². The van der Waals surface area contributed by atoms with E-state index in [0.29, 0.717) is 5.92 Å². The van der Waals surface area contributed by atoms with Crippen molar-refractivity contribution in [2.45, 2.75) is 40.2 Å². The fraction of sp³-hybridized carbons (Fsp3) is 0.474. The molecule has 1 atom stereocenters. The number of hydrogen-bond donors (Lipinski definition) is 1. The minimum Gasteiger partial charge on any atom is -0.392 e. The zero-order valence-electron chi connectivity index (χ0n) is 12.9. The summed E-state index contributed by atoms with van der Waals surface area (Å²) < 4.78 is 0. The Bertz CT molecular complexity index is 625. The third-order valence-electron chi connectivity index (χ3n) is 5.78. The summed E-state index contributed by atoms with van der Waals surface area (Å²) in [5.41, 5.74) is 1.71. The predicted molar refractivity (Wildman–Crippen MR) is 84.7 cm³/mol. The second-order valence-corrected chi connectivity index (χ2v) is 7.37. The van der Waals surface area contributed by atoms with Crippen molar-refractivity contribution in [2.75, 3.05) is 0 Å². The number of rotatable bonds is 3. The molecule has 0 aromatic heterocycles. The van der Waals surface area contributed by atoms with Crippen LogP contribution in [-0.4, -0.2) is 11.2 Å². The van der Waals surface area contributed by atoms with Crippen LogP contribution < -0.4 is 0 Å². The van der Waals surface area contributed by atoms with E-state index in [0.717, 1.165) is 6.42 Å². The van der Waals surface area contributed by atoms with Crippen molar-refractivity contribution in [1.29, 1.82) is 0 Å². The van der Waals surface area contributed by atoms with Gasteiger partial charge < -0.3 is 5.11 Å². The van der Waals surface area contributed by atoms with E-state index < -0.39 is 0 Å². The van der Waals surface area contributed by atoms with Crippen molar-refractivity contribution in [3.05, 3.63) is 48.0 Å². The normalized spacial score (nSPS) is 21.9. The molecule has 1 aliphatic carbocycles. The van der Waals surface area contributed by atoms with Crippen LogP contribution >= 0.6 is 0 Å². The molecule has 0 bridgehead atoms. The van der Waals surface area contributed by atoms with Crippen molar-refractivity contribution < 1.29 is 5.11 Å². The van der Waals surface area contributed by atoms with Crippen LogP contribution in [0.15, 0.2) is 42.5 Å². The summed E-state index contributed by atoms with van der Waals surface area (Å²) in [5, 5.41) is 13.1. The zero-order valence-corrected chi connectivity index (χ0v) is 12.9. The molecule has 0 heterocycles. The molecule has 1 saturated carbocycles. The first kappa shape index (κ1) is 13.6. The maximum absolute atomic E-state index is 10.6. The molecule has 0 radical (unpaired) electrons. The monoisotopic (exact) mass is 268 g/mol. The summed E-state index contributed by atoms with van der Waals surface area (Å²) in [5.74, 6) is 0.390. The fourth-order valence-corrected chi connectivity index (χ4v) is 3.93. The van der Waals surface area contributed by atoms with Crippen molar-refractivity contribution in [3.8, 4) is 0 Å². The highest BCUT2D eigenvalue weighted by molar-refractivity contribution is 5.82. The Balaban J connectivity index is 1.80. The highest BCUT2D eigenvalue weighted by Crippen LogP contribution is 2.69. The molecule has 0 spiro atoms. The molecule has 1 aliphatic rings. The van der Waals surface area contributed by atoms with E-state index in [-0.39, 0.29) is 16.9 Å². The smallest absolute Gasteiger partial charge is 0.0619 e. The van der Waals surface area contributed by atoms with Crippen LogP contribution in [0, 0.1) is 16.7 Å². The summed E-state index contributed by atoms with van der Waals surface area (Å²) in [6.45, 7) is 9.06. The number of fused-ring (bicyclic) bond motifs is 1. The van der Waals surface area contributed by atoms with Gasteiger partial charge in [-0.25, -0.2) is 0 Å². The Kier molecular flexibility index (Phi) is 2.95. The average molecular weight is 268 g/mol. The molecule has 1 fully saturated rings. The fourth-order valence-electron chi connectivity index (χ4n) is 3.93. The van der Waals surface area contributed by atoms with Gasteiger partial charge in [0.05, 0.1) is 6.10 Å². The lowest BCUT2D eigenvalue weighted by molar-refractivity contribution is 0.129. The van der Waals surface area contributed by atoms with Gasteiger partial charge in [0.2, 0.25) is 0 Å². The lowest BCUT2D eigenvalue weighted by Crippen LogP contribution is -2.17. The Morgan fingerprint density at radius 1 is 0.950 bits per heavy atom. The van der Waals surface area contributed by atoms with Crippen LogP contribution in [0.1, 0.15) is 33.3 Å². The van der Waals surface area contributed by atoms with E-state index in [4.69, 9.17) is 0 Å². The Labute approximate surface area is 121 Å². The third-order valence-corrected chi connectivity index (χ3v) is 5.78. The molecule has 2 aromatic rings. The second-order valence-electron chi connectivity index (χ2n) is 7.37. The summed E-state index contributed by atoms with van der Waals surface area (Å²) in [4.78, 5) is 0. The summed E-state index contributed by atoms with van der Waals surface area (Å²) in [7, 11) is 0. The van der Waals surface area contributed by atoms with Gasteiger partial charge in [-0.3, -0.25) is 0 Å². The van der Waals surface area contributed by atoms with Gasteiger partial charge in [-0.2, -0.15) is 0 Å². The van der Waals surface area contributed by atoms with Crippen LogP contribution in [0.25, 0.3) is 10.8 Å². The van der Waals surface area contributed by atoms with E-state index >= 15 is 0 Å². The standard InChI is InChI=1S/C19H24O/c1-18(2)17(19(18,3)4)16(20)12-13-9-10-14-7-5-6-8-15(14)11-13/h5-11,16-17,20H,12H2,1-4H3. The van der Waals surface area contributed by atoms with Crippen LogP contribution in [-0.2, 0) is 6.42 Å². The van der Waals surface area contributed by atoms with Crippen LogP contribution in [0.4, 0.5) is 0 Å². The lowest BCUT2D eigenvalue weighted by atomic mass is 9.97.